The number of halogens is 3. The number of carbonyl (C=O) groups is 1. The highest BCUT2D eigenvalue weighted by Crippen LogP contribution is 2.32. The molecule has 0 spiro atoms. The molecule has 0 aliphatic rings. The molecule has 3 heterocycles. The molecule has 0 fully saturated rings. The van der Waals surface area contributed by atoms with Crippen molar-refractivity contribution in [2.75, 3.05) is 11.9 Å². The van der Waals surface area contributed by atoms with Gasteiger partial charge in [0.2, 0.25) is 0 Å². The first-order chi connectivity index (χ1) is 14.8. The van der Waals surface area contributed by atoms with Crippen LogP contribution >= 0.6 is 0 Å². The average molecular weight is 421 g/mol. The Balaban J connectivity index is 1.67. The fourth-order valence-electron chi connectivity index (χ4n) is 3.12. The Morgan fingerprint density at radius 2 is 1.84 bits per heavy atom. The fraction of sp³-hybridized carbons (Fsp3) is 0.0909. The Morgan fingerprint density at radius 1 is 1.10 bits per heavy atom. The van der Waals surface area contributed by atoms with Crippen LogP contribution in [0.4, 0.5) is 19.0 Å². The van der Waals surface area contributed by atoms with Crippen LogP contribution in [-0.4, -0.2) is 27.6 Å². The monoisotopic (exact) mass is 421 g/mol. The summed E-state index contributed by atoms with van der Waals surface area (Å²) in [6.45, 7) is 0. The number of benzene rings is 1. The summed E-state index contributed by atoms with van der Waals surface area (Å²) in [4.78, 5) is 18.4. The van der Waals surface area contributed by atoms with Gasteiger partial charge in [0.1, 0.15) is 11.9 Å². The molecule has 0 saturated carbocycles. The largest absolute Gasteiger partial charge is 0.416 e. The van der Waals surface area contributed by atoms with Crippen LogP contribution in [0.25, 0.3) is 16.6 Å². The highest BCUT2D eigenvalue weighted by molar-refractivity contribution is 6.06. The van der Waals surface area contributed by atoms with Gasteiger partial charge >= 0.3 is 6.18 Å². The van der Waals surface area contributed by atoms with Crippen molar-refractivity contribution >= 4 is 17.2 Å². The van der Waals surface area contributed by atoms with Crippen LogP contribution in [-0.2, 0) is 6.18 Å². The van der Waals surface area contributed by atoms with Crippen molar-refractivity contribution in [2.24, 2.45) is 0 Å². The normalized spacial score (nSPS) is 11.3. The van der Waals surface area contributed by atoms with Crippen molar-refractivity contribution in [3.05, 3.63) is 83.8 Å². The maximum Gasteiger partial charge on any atom is 0.416 e. The number of nitrogens with zero attached hydrogens (tertiary/aromatic N) is 5. The summed E-state index contributed by atoms with van der Waals surface area (Å²) >= 11 is 0. The van der Waals surface area contributed by atoms with Crippen molar-refractivity contribution in [3.8, 4) is 17.2 Å². The number of rotatable bonds is 3. The minimum absolute atomic E-state index is 0.334. The predicted octanol–water partition coefficient (Wildman–Crippen LogP) is 4.56. The van der Waals surface area contributed by atoms with E-state index in [1.807, 2.05) is 6.07 Å². The SMILES string of the molecule is CN(C(=O)c1ccn2ncc(-c3ccc(C(F)(F)F)cc3)c2c1)c1ccc(C#N)cn1. The molecule has 0 aliphatic carbocycles. The van der Waals surface area contributed by atoms with Crippen molar-refractivity contribution in [3.63, 3.8) is 0 Å². The zero-order valence-corrected chi connectivity index (χ0v) is 16.1. The number of amides is 1. The van der Waals surface area contributed by atoms with Gasteiger partial charge in [-0.15, -0.1) is 0 Å². The third-order valence-corrected chi connectivity index (χ3v) is 4.82. The molecule has 0 saturated heterocycles. The maximum atomic E-state index is 12.9. The van der Waals surface area contributed by atoms with E-state index in [1.54, 1.807) is 42.0 Å². The van der Waals surface area contributed by atoms with Crippen molar-refractivity contribution in [1.29, 1.82) is 5.26 Å². The van der Waals surface area contributed by atoms with Crippen molar-refractivity contribution in [2.45, 2.75) is 6.18 Å². The van der Waals surface area contributed by atoms with Crippen LogP contribution in [0.2, 0.25) is 0 Å². The first-order valence-electron chi connectivity index (χ1n) is 9.07. The number of carbonyl (C=O) groups excluding carboxylic acids is 1. The van der Waals surface area contributed by atoms with E-state index in [2.05, 4.69) is 10.1 Å². The average Bonchev–Trinajstić information content (AvgIpc) is 3.21. The van der Waals surface area contributed by atoms with Gasteiger partial charge in [0.15, 0.2) is 0 Å². The number of anilines is 1. The number of hydrogen-bond donors (Lipinski definition) is 0. The molecule has 0 N–H and O–H groups in total. The van der Waals surface area contributed by atoms with Gasteiger partial charge in [-0.05, 0) is 42.0 Å². The fourth-order valence-corrected chi connectivity index (χ4v) is 3.12. The first kappa shape index (κ1) is 20.1. The lowest BCUT2D eigenvalue weighted by Crippen LogP contribution is -2.27. The van der Waals surface area contributed by atoms with E-state index in [1.165, 1.54) is 29.4 Å². The summed E-state index contributed by atoms with van der Waals surface area (Å²) < 4.78 is 40.1. The standard InChI is InChI=1S/C22H14F3N5O/c1-29(20-7-2-14(11-26)12-27-20)21(31)16-8-9-30-19(10-16)18(13-28-30)15-3-5-17(6-4-15)22(23,24)25/h2-10,12-13H,1H3. The molecule has 0 atom stereocenters. The molecule has 3 aromatic heterocycles. The predicted molar refractivity (Wildman–Crippen MR) is 107 cm³/mol. The van der Waals surface area contributed by atoms with E-state index in [-0.39, 0.29) is 5.91 Å². The summed E-state index contributed by atoms with van der Waals surface area (Å²) in [5.74, 6) is 0.0413. The quantitative estimate of drug-likeness (QED) is 0.486. The zero-order chi connectivity index (χ0) is 22.2. The third-order valence-electron chi connectivity index (χ3n) is 4.82. The van der Waals surface area contributed by atoms with Gasteiger partial charge in [0.05, 0.1) is 22.8 Å². The minimum Gasteiger partial charge on any atom is -0.296 e. The van der Waals surface area contributed by atoms with E-state index < -0.39 is 11.7 Å². The number of hydrogen-bond acceptors (Lipinski definition) is 4. The molecule has 4 rings (SSSR count). The Hall–Kier alpha value is -4.19. The molecule has 0 aliphatic heterocycles. The van der Waals surface area contributed by atoms with Crippen LogP contribution in [0, 0.1) is 11.3 Å². The lowest BCUT2D eigenvalue weighted by Gasteiger charge is -2.16. The second-order valence-corrected chi connectivity index (χ2v) is 6.76. The minimum atomic E-state index is -4.41. The Bertz CT molecular complexity index is 1300. The molecule has 0 unspecified atom stereocenters. The smallest absolute Gasteiger partial charge is 0.296 e. The molecule has 1 aromatic carbocycles. The van der Waals surface area contributed by atoms with E-state index in [9.17, 15) is 18.0 Å². The summed E-state index contributed by atoms with van der Waals surface area (Å²) in [5, 5.41) is 13.1. The highest BCUT2D eigenvalue weighted by Gasteiger charge is 2.30. The van der Waals surface area contributed by atoms with E-state index in [0.717, 1.165) is 12.1 Å². The number of nitriles is 1. The van der Waals surface area contributed by atoms with Gasteiger partial charge in [-0.1, -0.05) is 12.1 Å². The second-order valence-electron chi connectivity index (χ2n) is 6.76. The molecule has 1 amide bonds. The molecule has 9 heteroatoms. The Morgan fingerprint density at radius 3 is 2.45 bits per heavy atom. The first-order valence-corrected chi connectivity index (χ1v) is 9.07. The Kier molecular flexibility index (Phi) is 4.91. The van der Waals surface area contributed by atoms with Gasteiger partial charge in [-0.2, -0.15) is 23.5 Å². The molecule has 31 heavy (non-hydrogen) atoms. The van der Waals surface area contributed by atoms with E-state index in [0.29, 0.717) is 33.6 Å². The number of aromatic nitrogens is 3. The molecular formula is C22H14F3N5O. The van der Waals surface area contributed by atoms with E-state index >= 15 is 0 Å². The number of pyridine rings is 2. The van der Waals surface area contributed by atoms with Crippen molar-refractivity contribution in [1.82, 2.24) is 14.6 Å². The van der Waals surface area contributed by atoms with Crippen LogP contribution in [0.5, 0.6) is 0 Å². The second kappa shape index (κ2) is 7.57. The van der Waals surface area contributed by atoms with Gasteiger partial charge in [0, 0.05) is 30.6 Å². The summed E-state index contributed by atoms with van der Waals surface area (Å²) in [7, 11) is 1.56. The van der Waals surface area contributed by atoms with Gasteiger partial charge < -0.3 is 0 Å². The number of alkyl halides is 3. The lowest BCUT2D eigenvalue weighted by atomic mass is 10.0. The third kappa shape index (κ3) is 3.83. The summed E-state index contributed by atoms with van der Waals surface area (Å²) in [5.41, 5.74) is 1.73. The van der Waals surface area contributed by atoms with Crippen LogP contribution in [0.15, 0.2) is 67.1 Å². The zero-order valence-electron chi connectivity index (χ0n) is 16.1. The lowest BCUT2D eigenvalue weighted by molar-refractivity contribution is -0.137. The number of fused-ring (bicyclic) bond motifs is 1. The molecule has 4 aromatic rings. The van der Waals surface area contributed by atoms with E-state index in [4.69, 9.17) is 5.26 Å². The Labute approximate surface area is 174 Å². The van der Waals surface area contributed by atoms with Gasteiger partial charge in [-0.3, -0.25) is 9.69 Å². The van der Waals surface area contributed by atoms with Crippen LogP contribution in [0.1, 0.15) is 21.5 Å². The molecule has 0 radical (unpaired) electrons. The molecule has 0 bridgehead atoms. The molecular weight excluding hydrogens is 407 g/mol. The van der Waals surface area contributed by atoms with Gasteiger partial charge in [-0.25, -0.2) is 9.50 Å². The molecule has 154 valence electrons. The van der Waals surface area contributed by atoms with Crippen LogP contribution in [0.3, 0.4) is 0 Å². The molecule has 6 nitrogen and oxygen atoms in total. The van der Waals surface area contributed by atoms with Gasteiger partial charge in [0.25, 0.3) is 5.91 Å². The van der Waals surface area contributed by atoms with Crippen molar-refractivity contribution < 1.29 is 18.0 Å². The maximum absolute atomic E-state index is 12.9. The summed E-state index contributed by atoms with van der Waals surface area (Å²) in [6.07, 6.45) is 0.111. The topological polar surface area (TPSA) is 74.3 Å². The van der Waals surface area contributed by atoms with Crippen LogP contribution < -0.4 is 4.90 Å². The summed E-state index contributed by atoms with van der Waals surface area (Å²) in [6, 6.07) is 13.1. The highest BCUT2D eigenvalue weighted by atomic mass is 19.4.